The minimum atomic E-state index is -0.249. The van der Waals surface area contributed by atoms with E-state index in [9.17, 15) is 4.79 Å². The van der Waals surface area contributed by atoms with Gasteiger partial charge in [-0.15, -0.1) is 0 Å². The van der Waals surface area contributed by atoms with Gasteiger partial charge in [0.1, 0.15) is 6.07 Å². The highest BCUT2D eigenvalue weighted by atomic mass is 16.5. The van der Waals surface area contributed by atoms with Crippen molar-refractivity contribution in [3.8, 4) is 6.07 Å². The summed E-state index contributed by atoms with van der Waals surface area (Å²) in [7, 11) is 0. The highest BCUT2D eigenvalue weighted by molar-refractivity contribution is 5.95. The summed E-state index contributed by atoms with van der Waals surface area (Å²) < 4.78 is 5.38. The molecule has 2 unspecified atom stereocenters. The van der Waals surface area contributed by atoms with Gasteiger partial charge in [0, 0.05) is 12.6 Å². The molecule has 0 spiro atoms. The fourth-order valence-corrected chi connectivity index (χ4v) is 2.39. The van der Waals surface area contributed by atoms with Gasteiger partial charge in [0.2, 0.25) is 5.91 Å². The number of nitrogens with zero attached hydrogens (tertiary/aromatic N) is 2. The summed E-state index contributed by atoms with van der Waals surface area (Å²) in [6.07, 6.45) is 0. The van der Waals surface area contributed by atoms with Gasteiger partial charge in [0.15, 0.2) is 0 Å². The van der Waals surface area contributed by atoms with Crippen LogP contribution in [0.1, 0.15) is 19.4 Å². The van der Waals surface area contributed by atoms with Crippen molar-refractivity contribution in [3.63, 3.8) is 0 Å². The SMILES string of the molecule is CC1COCCN1C(C)C(=O)Nc1ccccc1C#N. The average molecular weight is 273 g/mol. The van der Waals surface area contributed by atoms with E-state index in [1.165, 1.54) is 0 Å². The van der Waals surface area contributed by atoms with Gasteiger partial charge in [-0.05, 0) is 26.0 Å². The minimum Gasteiger partial charge on any atom is -0.379 e. The van der Waals surface area contributed by atoms with Crippen molar-refractivity contribution in [3.05, 3.63) is 29.8 Å². The maximum absolute atomic E-state index is 12.3. The number of para-hydroxylation sites is 1. The van der Waals surface area contributed by atoms with Gasteiger partial charge < -0.3 is 10.1 Å². The monoisotopic (exact) mass is 273 g/mol. The number of carbonyl (C=O) groups is 1. The molecule has 2 atom stereocenters. The first-order valence-electron chi connectivity index (χ1n) is 6.77. The van der Waals surface area contributed by atoms with E-state index in [0.717, 1.165) is 6.54 Å². The van der Waals surface area contributed by atoms with Gasteiger partial charge in [-0.1, -0.05) is 12.1 Å². The third kappa shape index (κ3) is 3.16. The van der Waals surface area contributed by atoms with Crippen molar-refractivity contribution >= 4 is 11.6 Å². The Hall–Kier alpha value is -1.90. The van der Waals surface area contributed by atoms with Gasteiger partial charge >= 0.3 is 0 Å². The fourth-order valence-electron chi connectivity index (χ4n) is 2.39. The maximum atomic E-state index is 12.3. The zero-order valence-electron chi connectivity index (χ0n) is 11.8. The van der Waals surface area contributed by atoms with E-state index < -0.39 is 0 Å². The number of benzene rings is 1. The summed E-state index contributed by atoms with van der Waals surface area (Å²) in [6.45, 7) is 5.97. The van der Waals surface area contributed by atoms with Crippen molar-refractivity contribution in [2.75, 3.05) is 25.1 Å². The summed E-state index contributed by atoms with van der Waals surface area (Å²) >= 11 is 0. The molecular formula is C15H19N3O2. The molecule has 1 heterocycles. The van der Waals surface area contributed by atoms with E-state index in [1.807, 2.05) is 13.8 Å². The predicted molar refractivity (Wildman–Crippen MR) is 76.2 cm³/mol. The molecule has 106 valence electrons. The van der Waals surface area contributed by atoms with Crippen LogP contribution in [-0.4, -0.2) is 42.6 Å². The highest BCUT2D eigenvalue weighted by Crippen LogP contribution is 2.16. The van der Waals surface area contributed by atoms with Crippen LogP contribution in [0.2, 0.25) is 0 Å². The second-order valence-electron chi connectivity index (χ2n) is 4.98. The van der Waals surface area contributed by atoms with E-state index in [4.69, 9.17) is 10.00 Å². The molecular weight excluding hydrogens is 254 g/mol. The highest BCUT2D eigenvalue weighted by Gasteiger charge is 2.28. The molecule has 1 aromatic rings. The maximum Gasteiger partial charge on any atom is 0.241 e. The smallest absolute Gasteiger partial charge is 0.241 e. The Kier molecular flexibility index (Phi) is 4.72. The Morgan fingerprint density at radius 1 is 1.55 bits per heavy atom. The number of hydrogen-bond donors (Lipinski definition) is 1. The van der Waals surface area contributed by atoms with E-state index in [1.54, 1.807) is 24.3 Å². The van der Waals surface area contributed by atoms with Gasteiger partial charge in [0.25, 0.3) is 0 Å². The number of nitrogens with one attached hydrogen (secondary N) is 1. The Bertz CT molecular complexity index is 524. The van der Waals surface area contributed by atoms with E-state index in [0.29, 0.717) is 24.5 Å². The first kappa shape index (κ1) is 14.5. The van der Waals surface area contributed by atoms with Crippen molar-refractivity contribution < 1.29 is 9.53 Å². The van der Waals surface area contributed by atoms with Crippen molar-refractivity contribution in [2.45, 2.75) is 25.9 Å². The van der Waals surface area contributed by atoms with Crippen LogP contribution >= 0.6 is 0 Å². The lowest BCUT2D eigenvalue weighted by molar-refractivity contribution is -0.124. The molecule has 1 aliphatic rings. The number of morpholine rings is 1. The predicted octanol–water partition coefficient (Wildman–Crippen LogP) is 1.61. The van der Waals surface area contributed by atoms with Gasteiger partial charge in [0.05, 0.1) is 30.5 Å². The van der Waals surface area contributed by atoms with Crippen molar-refractivity contribution in [2.24, 2.45) is 0 Å². The number of hydrogen-bond acceptors (Lipinski definition) is 4. The summed E-state index contributed by atoms with van der Waals surface area (Å²) in [6, 6.07) is 9.07. The van der Waals surface area contributed by atoms with Crippen LogP contribution in [0.25, 0.3) is 0 Å². The van der Waals surface area contributed by atoms with Crippen LogP contribution < -0.4 is 5.32 Å². The molecule has 0 saturated carbocycles. The molecule has 1 aromatic carbocycles. The lowest BCUT2D eigenvalue weighted by Gasteiger charge is -2.37. The third-order valence-electron chi connectivity index (χ3n) is 3.60. The molecule has 0 radical (unpaired) electrons. The molecule has 1 saturated heterocycles. The van der Waals surface area contributed by atoms with Crippen molar-refractivity contribution in [1.82, 2.24) is 4.90 Å². The minimum absolute atomic E-state index is 0.0959. The molecule has 1 amide bonds. The average Bonchev–Trinajstić information content (AvgIpc) is 2.47. The molecule has 0 aromatic heterocycles. The standard InChI is InChI=1S/C15H19N3O2/c1-11-10-20-8-7-18(11)12(2)15(19)17-14-6-4-3-5-13(14)9-16/h3-6,11-12H,7-8,10H2,1-2H3,(H,17,19). The topological polar surface area (TPSA) is 65.4 Å². The van der Waals surface area contributed by atoms with Crippen LogP contribution in [0.4, 0.5) is 5.69 Å². The molecule has 20 heavy (non-hydrogen) atoms. The van der Waals surface area contributed by atoms with E-state index in [-0.39, 0.29) is 18.0 Å². The molecule has 5 heteroatoms. The second kappa shape index (κ2) is 6.51. The Morgan fingerprint density at radius 3 is 3.00 bits per heavy atom. The van der Waals surface area contributed by atoms with Gasteiger partial charge in [-0.3, -0.25) is 9.69 Å². The molecule has 1 aliphatic heterocycles. The Labute approximate surface area is 119 Å². The van der Waals surface area contributed by atoms with Crippen LogP contribution in [0.3, 0.4) is 0 Å². The zero-order valence-corrected chi connectivity index (χ0v) is 11.8. The third-order valence-corrected chi connectivity index (χ3v) is 3.60. The van der Waals surface area contributed by atoms with Crippen LogP contribution in [0.5, 0.6) is 0 Å². The van der Waals surface area contributed by atoms with Crippen LogP contribution in [0, 0.1) is 11.3 Å². The number of anilines is 1. The number of amides is 1. The normalized spacial score (nSPS) is 20.9. The number of carbonyl (C=O) groups excluding carboxylic acids is 1. The van der Waals surface area contributed by atoms with Gasteiger partial charge in [-0.25, -0.2) is 0 Å². The Morgan fingerprint density at radius 2 is 2.30 bits per heavy atom. The summed E-state index contributed by atoms with van der Waals surface area (Å²) in [4.78, 5) is 14.4. The van der Waals surface area contributed by atoms with Crippen LogP contribution in [-0.2, 0) is 9.53 Å². The first-order chi connectivity index (χ1) is 9.63. The molecule has 0 bridgehead atoms. The van der Waals surface area contributed by atoms with Gasteiger partial charge in [-0.2, -0.15) is 5.26 Å². The van der Waals surface area contributed by atoms with E-state index in [2.05, 4.69) is 16.3 Å². The molecule has 1 fully saturated rings. The molecule has 0 aliphatic carbocycles. The van der Waals surface area contributed by atoms with Crippen LogP contribution in [0.15, 0.2) is 24.3 Å². The number of ether oxygens (including phenoxy) is 1. The number of rotatable bonds is 3. The zero-order chi connectivity index (χ0) is 14.5. The summed E-state index contributed by atoms with van der Waals surface area (Å²) in [5.74, 6) is -0.0959. The summed E-state index contributed by atoms with van der Waals surface area (Å²) in [5.41, 5.74) is 1.04. The molecule has 1 N–H and O–H groups in total. The van der Waals surface area contributed by atoms with E-state index >= 15 is 0 Å². The first-order valence-corrected chi connectivity index (χ1v) is 6.77. The lowest BCUT2D eigenvalue weighted by Crippen LogP contribution is -2.52. The Balaban J connectivity index is 2.06. The fraction of sp³-hybridized carbons (Fsp3) is 0.467. The number of nitriles is 1. The second-order valence-corrected chi connectivity index (χ2v) is 4.98. The quantitative estimate of drug-likeness (QED) is 0.908. The lowest BCUT2D eigenvalue weighted by atomic mass is 10.1. The largest absolute Gasteiger partial charge is 0.379 e. The summed E-state index contributed by atoms with van der Waals surface area (Å²) in [5, 5.41) is 11.9. The molecule has 5 nitrogen and oxygen atoms in total. The van der Waals surface area contributed by atoms with Crippen molar-refractivity contribution in [1.29, 1.82) is 5.26 Å². The molecule has 2 rings (SSSR count).